The van der Waals surface area contributed by atoms with Crippen molar-refractivity contribution in [3.8, 4) is 0 Å². The minimum Gasteiger partial charge on any atom is -0.393 e. The first-order valence-electron chi connectivity index (χ1n) is 7.15. The molecule has 108 valence electrons. The number of hydrogen-bond donors (Lipinski definition) is 1. The predicted molar refractivity (Wildman–Crippen MR) is 73.9 cm³/mol. The third kappa shape index (κ3) is 2.61. The van der Waals surface area contributed by atoms with Crippen LogP contribution in [-0.4, -0.2) is 25.6 Å². The summed E-state index contributed by atoms with van der Waals surface area (Å²) < 4.78 is 3.07. The molecule has 1 saturated carbocycles. The van der Waals surface area contributed by atoms with E-state index in [4.69, 9.17) is 0 Å². The molecule has 0 spiro atoms. The molecule has 0 amide bonds. The van der Waals surface area contributed by atoms with Crippen LogP contribution in [0.15, 0.2) is 11.1 Å². The van der Waals surface area contributed by atoms with Gasteiger partial charge >= 0.3 is 5.69 Å². The monoisotopic (exact) mass is 267 g/mol. The van der Waals surface area contributed by atoms with E-state index in [0.717, 1.165) is 19.3 Å². The Hall–Kier alpha value is -1.10. The molecule has 0 radical (unpaired) electrons. The second-order valence-corrected chi connectivity index (χ2v) is 6.45. The van der Waals surface area contributed by atoms with Gasteiger partial charge in [-0.3, -0.25) is 4.57 Å². The SMILES string of the molecule is CCC(C)(C)C1CCC(O)CC1n1ncn(C)c1=O. The molecule has 3 atom stereocenters. The van der Waals surface area contributed by atoms with Gasteiger partial charge in [0.2, 0.25) is 0 Å². The Labute approximate surface area is 114 Å². The molecule has 1 fully saturated rings. The van der Waals surface area contributed by atoms with Gasteiger partial charge in [0.05, 0.1) is 12.1 Å². The van der Waals surface area contributed by atoms with Gasteiger partial charge in [0.25, 0.3) is 0 Å². The second-order valence-electron chi connectivity index (χ2n) is 6.45. The van der Waals surface area contributed by atoms with Gasteiger partial charge in [-0.15, -0.1) is 0 Å². The lowest BCUT2D eigenvalue weighted by Gasteiger charge is -2.43. The van der Waals surface area contributed by atoms with E-state index in [1.165, 1.54) is 4.57 Å². The normalized spacial score (nSPS) is 28.6. The van der Waals surface area contributed by atoms with Crippen LogP contribution in [0.1, 0.15) is 52.5 Å². The summed E-state index contributed by atoms with van der Waals surface area (Å²) in [4.78, 5) is 12.1. The first kappa shape index (κ1) is 14.3. The number of aryl methyl sites for hydroxylation is 1. The lowest BCUT2D eigenvalue weighted by atomic mass is 9.66. The quantitative estimate of drug-likeness (QED) is 0.907. The first-order chi connectivity index (χ1) is 8.86. The molecule has 5 nitrogen and oxygen atoms in total. The Morgan fingerprint density at radius 1 is 1.47 bits per heavy atom. The number of aliphatic hydroxyl groups is 1. The largest absolute Gasteiger partial charge is 0.393 e. The Bertz CT molecular complexity index is 489. The number of aliphatic hydroxyl groups excluding tert-OH is 1. The van der Waals surface area contributed by atoms with Crippen molar-refractivity contribution in [3.63, 3.8) is 0 Å². The van der Waals surface area contributed by atoms with Crippen molar-refractivity contribution in [2.45, 2.75) is 58.6 Å². The third-order valence-corrected chi connectivity index (χ3v) is 4.87. The van der Waals surface area contributed by atoms with Gasteiger partial charge in [-0.2, -0.15) is 5.10 Å². The van der Waals surface area contributed by atoms with E-state index in [0.29, 0.717) is 12.3 Å². The highest BCUT2D eigenvalue weighted by molar-refractivity contribution is 4.91. The van der Waals surface area contributed by atoms with Crippen LogP contribution in [0.5, 0.6) is 0 Å². The van der Waals surface area contributed by atoms with Crippen molar-refractivity contribution in [2.24, 2.45) is 18.4 Å². The van der Waals surface area contributed by atoms with Crippen LogP contribution in [-0.2, 0) is 7.05 Å². The summed E-state index contributed by atoms with van der Waals surface area (Å²) >= 11 is 0. The summed E-state index contributed by atoms with van der Waals surface area (Å²) in [7, 11) is 1.71. The molecule has 0 aliphatic heterocycles. The molecular weight excluding hydrogens is 242 g/mol. The second kappa shape index (κ2) is 5.12. The number of aromatic nitrogens is 3. The molecule has 0 saturated heterocycles. The Morgan fingerprint density at radius 3 is 2.68 bits per heavy atom. The average molecular weight is 267 g/mol. The van der Waals surface area contributed by atoms with Gasteiger partial charge in [0.1, 0.15) is 6.33 Å². The van der Waals surface area contributed by atoms with E-state index < -0.39 is 0 Å². The van der Waals surface area contributed by atoms with Crippen LogP contribution in [0.3, 0.4) is 0 Å². The minimum absolute atomic E-state index is 0.00685. The molecule has 5 heteroatoms. The van der Waals surface area contributed by atoms with Gasteiger partial charge in [-0.25, -0.2) is 9.48 Å². The molecule has 1 aliphatic carbocycles. The van der Waals surface area contributed by atoms with Gasteiger partial charge in [-0.1, -0.05) is 27.2 Å². The summed E-state index contributed by atoms with van der Waals surface area (Å²) in [5, 5.41) is 14.2. The van der Waals surface area contributed by atoms with Gasteiger partial charge in [0.15, 0.2) is 0 Å². The third-order valence-electron chi connectivity index (χ3n) is 4.87. The van der Waals surface area contributed by atoms with Crippen molar-refractivity contribution >= 4 is 0 Å². The maximum Gasteiger partial charge on any atom is 0.345 e. The van der Waals surface area contributed by atoms with Gasteiger partial charge in [0, 0.05) is 7.05 Å². The zero-order chi connectivity index (χ0) is 14.2. The van der Waals surface area contributed by atoms with Crippen molar-refractivity contribution in [1.82, 2.24) is 14.3 Å². The lowest BCUT2D eigenvalue weighted by Crippen LogP contribution is -2.42. The van der Waals surface area contributed by atoms with Gasteiger partial charge < -0.3 is 5.11 Å². The van der Waals surface area contributed by atoms with Crippen LogP contribution < -0.4 is 5.69 Å². The molecule has 1 aromatic heterocycles. The maximum atomic E-state index is 12.1. The average Bonchev–Trinajstić information content (AvgIpc) is 2.69. The molecule has 19 heavy (non-hydrogen) atoms. The Balaban J connectivity index is 2.37. The van der Waals surface area contributed by atoms with E-state index in [1.807, 2.05) is 0 Å². The maximum absolute atomic E-state index is 12.1. The lowest BCUT2D eigenvalue weighted by molar-refractivity contribution is 0.0156. The predicted octanol–water partition coefficient (Wildman–Crippen LogP) is 1.72. The van der Waals surface area contributed by atoms with E-state index >= 15 is 0 Å². The van der Waals surface area contributed by atoms with E-state index in [2.05, 4.69) is 25.9 Å². The summed E-state index contributed by atoms with van der Waals surface area (Å²) in [5.41, 5.74) is 0.0675. The van der Waals surface area contributed by atoms with Crippen LogP contribution in [0.2, 0.25) is 0 Å². The Kier molecular flexibility index (Phi) is 3.85. The number of nitrogens with zero attached hydrogens (tertiary/aromatic N) is 3. The zero-order valence-electron chi connectivity index (χ0n) is 12.3. The fraction of sp³-hybridized carbons (Fsp3) is 0.857. The number of hydrogen-bond acceptors (Lipinski definition) is 3. The highest BCUT2D eigenvalue weighted by atomic mass is 16.3. The van der Waals surface area contributed by atoms with Crippen molar-refractivity contribution in [3.05, 3.63) is 16.8 Å². The minimum atomic E-state index is -0.317. The summed E-state index contributed by atoms with van der Waals surface area (Å²) in [5.74, 6) is 0.383. The van der Waals surface area contributed by atoms with Crippen LogP contribution >= 0.6 is 0 Å². The standard InChI is InChI=1S/C14H25N3O2/c1-5-14(2,3)11-7-6-10(18)8-12(11)17-13(19)16(4)9-15-17/h9-12,18H,5-8H2,1-4H3. The summed E-state index contributed by atoms with van der Waals surface area (Å²) in [6.45, 7) is 6.68. The fourth-order valence-electron chi connectivity index (χ4n) is 3.19. The smallest absolute Gasteiger partial charge is 0.345 e. The van der Waals surface area contributed by atoms with Crippen LogP contribution in [0.4, 0.5) is 0 Å². The molecule has 1 aromatic rings. The molecule has 1 aliphatic rings. The number of rotatable bonds is 3. The first-order valence-corrected chi connectivity index (χ1v) is 7.15. The van der Waals surface area contributed by atoms with Crippen molar-refractivity contribution in [2.75, 3.05) is 0 Å². The highest BCUT2D eigenvalue weighted by Gasteiger charge is 2.40. The molecular formula is C14H25N3O2. The molecule has 2 rings (SSSR count). The van der Waals surface area contributed by atoms with Crippen molar-refractivity contribution < 1.29 is 5.11 Å². The molecule has 0 aromatic carbocycles. The van der Waals surface area contributed by atoms with E-state index in [-0.39, 0.29) is 23.3 Å². The highest BCUT2D eigenvalue weighted by Crippen LogP contribution is 2.45. The summed E-state index contributed by atoms with van der Waals surface area (Å²) in [6.07, 6.45) is 4.71. The van der Waals surface area contributed by atoms with E-state index in [1.54, 1.807) is 18.1 Å². The molecule has 1 heterocycles. The van der Waals surface area contributed by atoms with Crippen molar-refractivity contribution in [1.29, 1.82) is 0 Å². The molecule has 3 unspecified atom stereocenters. The molecule has 1 N–H and O–H groups in total. The van der Waals surface area contributed by atoms with Gasteiger partial charge in [-0.05, 0) is 30.6 Å². The van der Waals surface area contributed by atoms with Crippen LogP contribution in [0.25, 0.3) is 0 Å². The van der Waals surface area contributed by atoms with Crippen LogP contribution in [0, 0.1) is 11.3 Å². The topological polar surface area (TPSA) is 60.0 Å². The zero-order valence-corrected chi connectivity index (χ0v) is 12.3. The van der Waals surface area contributed by atoms with E-state index in [9.17, 15) is 9.90 Å². The molecule has 0 bridgehead atoms. The summed E-state index contributed by atoms with van der Waals surface area (Å²) in [6, 6.07) is 0.00685. The fourth-order valence-corrected chi connectivity index (χ4v) is 3.19. The Morgan fingerprint density at radius 2 is 2.16 bits per heavy atom.